The molecule has 1 aromatic carbocycles. The van der Waals surface area contributed by atoms with E-state index in [0.717, 1.165) is 25.9 Å². The molecule has 102 valence electrons. The standard InChI is InChI=1S/C17H23NO/c1-14(2)16-13-17(8-10-18,9-11-19-16)12-15-6-4-3-5-7-15/h3-7,14,16H,8-9,11-13H2,1-2H3/t16-,17+/m1/s1. The Kier molecular flexibility index (Phi) is 4.61. The molecule has 0 amide bonds. The summed E-state index contributed by atoms with van der Waals surface area (Å²) in [6, 6.07) is 12.9. The minimum atomic E-state index is 0.100. The molecule has 1 aliphatic rings. The molecule has 1 aromatic rings. The lowest BCUT2D eigenvalue weighted by molar-refractivity contribution is -0.0681. The second kappa shape index (κ2) is 6.21. The molecule has 0 radical (unpaired) electrons. The molecule has 0 aromatic heterocycles. The van der Waals surface area contributed by atoms with E-state index in [-0.39, 0.29) is 5.41 Å². The van der Waals surface area contributed by atoms with Crippen molar-refractivity contribution in [1.82, 2.24) is 0 Å². The molecule has 1 aliphatic heterocycles. The highest BCUT2D eigenvalue weighted by Gasteiger charge is 2.38. The summed E-state index contributed by atoms with van der Waals surface area (Å²) in [5, 5.41) is 9.20. The van der Waals surface area contributed by atoms with Crippen LogP contribution in [0.4, 0.5) is 0 Å². The average Bonchev–Trinajstić information content (AvgIpc) is 2.40. The van der Waals surface area contributed by atoms with Crippen LogP contribution >= 0.6 is 0 Å². The number of nitriles is 1. The largest absolute Gasteiger partial charge is 0.378 e. The van der Waals surface area contributed by atoms with Gasteiger partial charge in [-0.2, -0.15) is 5.26 Å². The van der Waals surface area contributed by atoms with Gasteiger partial charge in [0.25, 0.3) is 0 Å². The Hall–Kier alpha value is -1.33. The van der Waals surface area contributed by atoms with Crippen molar-refractivity contribution < 1.29 is 4.74 Å². The van der Waals surface area contributed by atoms with Gasteiger partial charge in [-0.15, -0.1) is 0 Å². The zero-order chi connectivity index (χ0) is 13.7. The number of hydrogen-bond acceptors (Lipinski definition) is 2. The third-order valence-corrected chi connectivity index (χ3v) is 4.22. The normalized spacial score (nSPS) is 27.2. The van der Waals surface area contributed by atoms with Crippen LogP contribution in [0.5, 0.6) is 0 Å². The first kappa shape index (κ1) is 14.1. The van der Waals surface area contributed by atoms with Crippen LogP contribution in [0, 0.1) is 22.7 Å². The van der Waals surface area contributed by atoms with Crippen molar-refractivity contribution in [3.05, 3.63) is 35.9 Å². The van der Waals surface area contributed by atoms with E-state index in [0.29, 0.717) is 18.4 Å². The van der Waals surface area contributed by atoms with E-state index in [9.17, 15) is 5.26 Å². The van der Waals surface area contributed by atoms with Crippen LogP contribution in [0.15, 0.2) is 30.3 Å². The van der Waals surface area contributed by atoms with E-state index in [1.54, 1.807) is 0 Å². The predicted molar refractivity (Wildman–Crippen MR) is 76.6 cm³/mol. The first-order valence-electron chi connectivity index (χ1n) is 7.18. The lowest BCUT2D eigenvalue weighted by Gasteiger charge is -2.41. The van der Waals surface area contributed by atoms with Gasteiger partial charge in [-0.05, 0) is 36.2 Å². The van der Waals surface area contributed by atoms with E-state index in [4.69, 9.17) is 4.74 Å². The number of benzene rings is 1. The summed E-state index contributed by atoms with van der Waals surface area (Å²) in [4.78, 5) is 0. The number of rotatable bonds is 4. The molecule has 1 fully saturated rings. The Bertz CT molecular complexity index is 434. The van der Waals surface area contributed by atoms with Crippen molar-refractivity contribution in [3.8, 4) is 6.07 Å². The third-order valence-electron chi connectivity index (χ3n) is 4.22. The van der Waals surface area contributed by atoms with Crippen molar-refractivity contribution >= 4 is 0 Å². The molecular formula is C17H23NO. The minimum Gasteiger partial charge on any atom is -0.378 e. The highest BCUT2D eigenvalue weighted by atomic mass is 16.5. The van der Waals surface area contributed by atoms with Gasteiger partial charge in [0.2, 0.25) is 0 Å². The summed E-state index contributed by atoms with van der Waals surface area (Å²) >= 11 is 0. The van der Waals surface area contributed by atoms with Crippen molar-refractivity contribution in [1.29, 1.82) is 5.26 Å². The number of hydrogen-bond donors (Lipinski definition) is 0. The Balaban J connectivity index is 2.15. The Morgan fingerprint density at radius 1 is 1.37 bits per heavy atom. The van der Waals surface area contributed by atoms with Gasteiger partial charge in [0.1, 0.15) is 0 Å². The zero-order valence-corrected chi connectivity index (χ0v) is 11.9. The molecule has 0 saturated carbocycles. The van der Waals surface area contributed by atoms with E-state index < -0.39 is 0 Å². The van der Waals surface area contributed by atoms with Gasteiger partial charge in [-0.1, -0.05) is 44.2 Å². The summed E-state index contributed by atoms with van der Waals surface area (Å²) in [6.45, 7) is 5.20. The highest BCUT2D eigenvalue weighted by molar-refractivity contribution is 5.17. The Morgan fingerprint density at radius 3 is 2.74 bits per heavy atom. The van der Waals surface area contributed by atoms with Gasteiger partial charge >= 0.3 is 0 Å². The molecule has 0 spiro atoms. The lowest BCUT2D eigenvalue weighted by atomic mass is 9.70. The summed E-state index contributed by atoms with van der Waals surface area (Å²) in [5.74, 6) is 0.522. The van der Waals surface area contributed by atoms with Crippen LogP contribution in [-0.4, -0.2) is 12.7 Å². The minimum absolute atomic E-state index is 0.100. The smallest absolute Gasteiger partial charge is 0.0627 e. The SMILES string of the molecule is CC(C)[C@H]1C[C@](CC#N)(Cc2ccccc2)CCO1. The van der Waals surface area contributed by atoms with Gasteiger partial charge < -0.3 is 4.74 Å². The van der Waals surface area contributed by atoms with Gasteiger partial charge in [-0.3, -0.25) is 0 Å². The molecule has 0 bridgehead atoms. The molecule has 0 N–H and O–H groups in total. The maximum Gasteiger partial charge on any atom is 0.0627 e. The monoisotopic (exact) mass is 257 g/mol. The Labute approximate surface area is 116 Å². The molecule has 0 aliphatic carbocycles. The third kappa shape index (κ3) is 3.58. The maximum atomic E-state index is 9.20. The molecule has 0 unspecified atom stereocenters. The molecule has 2 atom stereocenters. The predicted octanol–water partition coefficient (Wildman–Crippen LogP) is 3.96. The first-order valence-corrected chi connectivity index (χ1v) is 7.18. The average molecular weight is 257 g/mol. The molecule has 1 saturated heterocycles. The fraction of sp³-hybridized carbons (Fsp3) is 0.588. The Morgan fingerprint density at radius 2 is 2.11 bits per heavy atom. The van der Waals surface area contributed by atoms with Crippen LogP contribution < -0.4 is 0 Å². The number of nitrogens with zero attached hydrogens (tertiary/aromatic N) is 1. The second-order valence-electron chi connectivity index (χ2n) is 6.10. The van der Waals surface area contributed by atoms with Crippen molar-refractivity contribution in [2.24, 2.45) is 11.3 Å². The lowest BCUT2D eigenvalue weighted by Crippen LogP contribution is -2.39. The molecular weight excluding hydrogens is 234 g/mol. The van der Waals surface area contributed by atoms with Crippen LogP contribution in [0.2, 0.25) is 0 Å². The quantitative estimate of drug-likeness (QED) is 0.817. The topological polar surface area (TPSA) is 33.0 Å². The molecule has 2 heteroatoms. The summed E-state index contributed by atoms with van der Waals surface area (Å²) in [5.41, 5.74) is 1.44. The van der Waals surface area contributed by atoms with Crippen LogP contribution in [0.3, 0.4) is 0 Å². The maximum absolute atomic E-state index is 9.20. The molecule has 19 heavy (non-hydrogen) atoms. The highest BCUT2D eigenvalue weighted by Crippen LogP contribution is 2.41. The van der Waals surface area contributed by atoms with Gasteiger partial charge in [0.15, 0.2) is 0 Å². The van der Waals surface area contributed by atoms with E-state index in [2.05, 4.69) is 44.2 Å². The fourth-order valence-electron chi connectivity index (χ4n) is 3.02. The fourth-order valence-corrected chi connectivity index (χ4v) is 3.02. The van der Waals surface area contributed by atoms with Crippen molar-refractivity contribution in [3.63, 3.8) is 0 Å². The zero-order valence-electron chi connectivity index (χ0n) is 11.9. The van der Waals surface area contributed by atoms with Crippen molar-refractivity contribution in [2.45, 2.75) is 45.6 Å². The van der Waals surface area contributed by atoms with Crippen LogP contribution in [-0.2, 0) is 11.2 Å². The van der Waals surface area contributed by atoms with Crippen LogP contribution in [0.1, 0.15) is 38.7 Å². The van der Waals surface area contributed by atoms with E-state index in [1.807, 2.05) is 6.07 Å². The first-order chi connectivity index (χ1) is 9.15. The van der Waals surface area contributed by atoms with Crippen LogP contribution in [0.25, 0.3) is 0 Å². The van der Waals surface area contributed by atoms with E-state index in [1.165, 1.54) is 5.56 Å². The van der Waals surface area contributed by atoms with Crippen molar-refractivity contribution in [2.75, 3.05) is 6.61 Å². The summed E-state index contributed by atoms with van der Waals surface area (Å²) in [6.07, 6.45) is 3.93. The molecule has 2 nitrogen and oxygen atoms in total. The summed E-state index contributed by atoms with van der Waals surface area (Å²) < 4.78 is 5.87. The second-order valence-corrected chi connectivity index (χ2v) is 6.10. The number of ether oxygens (including phenoxy) is 1. The summed E-state index contributed by atoms with van der Waals surface area (Å²) in [7, 11) is 0. The van der Waals surface area contributed by atoms with E-state index >= 15 is 0 Å². The van der Waals surface area contributed by atoms with Gasteiger partial charge in [0, 0.05) is 13.0 Å². The molecule has 2 rings (SSSR count). The van der Waals surface area contributed by atoms with Gasteiger partial charge in [-0.25, -0.2) is 0 Å². The molecule has 1 heterocycles. The van der Waals surface area contributed by atoms with Gasteiger partial charge in [0.05, 0.1) is 12.2 Å².